The van der Waals surface area contributed by atoms with Crippen LogP contribution in [0, 0.1) is 0 Å². The lowest BCUT2D eigenvalue weighted by Crippen LogP contribution is -2.38. The average molecular weight is 203 g/mol. The van der Waals surface area contributed by atoms with Gasteiger partial charge in [-0.1, -0.05) is 18.2 Å². The fraction of sp³-hybridized carbons (Fsp3) is 0.417. The molecule has 1 aliphatic heterocycles. The number of anilines is 1. The number of para-hydroxylation sites is 1. The van der Waals surface area contributed by atoms with Crippen LogP contribution in [0.5, 0.6) is 0 Å². The molecule has 0 unspecified atom stereocenters. The third kappa shape index (κ3) is 2.29. The molecule has 0 radical (unpaired) electrons. The monoisotopic (exact) mass is 203 g/mol. The number of hydrogen-bond acceptors (Lipinski definition) is 3. The fourth-order valence-electron chi connectivity index (χ4n) is 1.73. The maximum Gasteiger partial charge on any atom is 0.198 e. The molecular weight excluding hydrogens is 186 g/mol. The molecule has 1 aromatic carbocycles. The van der Waals surface area contributed by atoms with E-state index in [1.54, 1.807) is 0 Å². The summed E-state index contributed by atoms with van der Waals surface area (Å²) in [5.41, 5.74) is 1.10. The number of nitrogens with zero attached hydrogens (tertiary/aromatic N) is 2. The van der Waals surface area contributed by atoms with E-state index >= 15 is 0 Å². The molecular formula is C12H17N3. The summed E-state index contributed by atoms with van der Waals surface area (Å²) in [5, 5.41) is 3.35. The van der Waals surface area contributed by atoms with Crippen molar-refractivity contribution in [2.75, 3.05) is 18.4 Å². The van der Waals surface area contributed by atoms with Gasteiger partial charge in [0.05, 0.1) is 6.54 Å². The predicted octanol–water partition coefficient (Wildman–Crippen LogP) is 2.18. The molecule has 3 nitrogen and oxygen atoms in total. The van der Waals surface area contributed by atoms with Crippen LogP contribution >= 0.6 is 0 Å². The molecule has 0 aliphatic carbocycles. The number of guanidine groups is 1. The Balaban J connectivity index is 2.06. The zero-order valence-electron chi connectivity index (χ0n) is 9.27. The molecule has 2 rings (SSSR count). The maximum atomic E-state index is 4.47. The first-order valence-corrected chi connectivity index (χ1v) is 5.40. The lowest BCUT2D eigenvalue weighted by atomic mass is 10.3. The summed E-state index contributed by atoms with van der Waals surface area (Å²) in [5.74, 6) is 0.996. The van der Waals surface area contributed by atoms with Gasteiger partial charge in [0.25, 0.3) is 0 Å². The second kappa shape index (κ2) is 4.34. The largest absolute Gasteiger partial charge is 0.338 e. The zero-order chi connectivity index (χ0) is 10.7. The molecule has 15 heavy (non-hydrogen) atoms. The van der Waals surface area contributed by atoms with E-state index in [-0.39, 0.29) is 0 Å². The smallest absolute Gasteiger partial charge is 0.198 e. The van der Waals surface area contributed by atoms with Crippen LogP contribution in [0.3, 0.4) is 0 Å². The van der Waals surface area contributed by atoms with E-state index in [0.29, 0.717) is 6.04 Å². The van der Waals surface area contributed by atoms with Gasteiger partial charge in [-0.25, -0.2) is 0 Å². The molecule has 0 fully saturated rings. The lowest BCUT2D eigenvalue weighted by molar-refractivity contribution is 0.380. The predicted molar refractivity (Wildman–Crippen MR) is 64.2 cm³/mol. The normalized spacial score (nSPS) is 15.7. The molecule has 0 bridgehead atoms. The molecule has 1 aliphatic rings. The summed E-state index contributed by atoms with van der Waals surface area (Å²) in [4.78, 5) is 6.75. The number of rotatable bonds is 2. The molecule has 0 saturated carbocycles. The van der Waals surface area contributed by atoms with Crippen molar-refractivity contribution < 1.29 is 0 Å². The van der Waals surface area contributed by atoms with Crippen molar-refractivity contribution in [3.8, 4) is 0 Å². The summed E-state index contributed by atoms with van der Waals surface area (Å²) in [6, 6.07) is 10.7. The Hall–Kier alpha value is -1.51. The van der Waals surface area contributed by atoms with Gasteiger partial charge in [0, 0.05) is 18.3 Å². The fourth-order valence-corrected chi connectivity index (χ4v) is 1.73. The van der Waals surface area contributed by atoms with Crippen LogP contribution in [-0.4, -0.2) is 30.0 Å². The van der Waals surface area contributed by atoms with Crippen molar-refractivity contribution in [1.29, 1.82) is 0 Å². The highest BCUT2D eigenvalue weighted by Crippen LogP contribution is 2.11. The minimum atomic E-state index is 0.502. The first-order chi connectivity index (χ1) is 7.27. The van der Waals surface area contributed by atoms with E-state index < -0.39 is 0 Å². The average Bonchev–Trinajstić information content (AvgIpc) is 2.67. The van der Waals surface area contributed by atoms with Gasteiger partial charge in [-0.2, -0.15) is 0 Å². The van der Waals surface area contributed by atoms with Gasteiger partial charge in [-0.3, -0.25) is 4.99 Å². The quantitative estimate of drug-likeness (QED) is 0.797. The van der Waals surface area contributed by atoms with Crippen LogP contribution in [0.2, 0.25) is 0 Å². The van der Waals surface area contributed by atoms with Gasteiger partial charge >= 0.3 is 0 Å². The summed E-state index contributed by atoms with van der Waals surface area (Å²) < 4.78 is 0. The van der Waals surface area contributed by atoms with Gasteiger partial charge in [0.2, 0.25) is 0 Å². The molecule has 80 valence electrons. The van der Waals surface area contributed by atoms with Crippen LogP contribution < -0.4 is 5.32 Å². The number of aliphatic imine (C=N–C) groups is 1. The van der Waals surface area contributed by atoms with E-state index in [1.165, 1.54) is 0 Å². The van der Waals surface area contributed by atoms with Crippen LogP contribution in [0.1, 0.15) is 13.8 Å². The van der Waals surface area contributed by atoms with Crippen LogP contribution in [0.4, 0.5) is 5.69 Å². The van der Waals surface area contributed by atoms with Gasteiger partial charge in [0.15, 0.2) is 5.96 Å². The minimum absolute atomic E-state index is 0.502. The second-order valence-corrected chi connectivity index (χ2v) is 3.98. The Bertz CT molecular complexity index is 343. The van der Waals surface area contributed by atoms with E-state index in [4.69, 9.17) is 0 Å². The van der Waals surface area contributed by atoms with Crippen LogP contribution in [0.15, 0.2) is 35.3 Å². The molecule has 0 saturated heterocycles. The Labute approximate surface area is 90.8 Å². The zero-order valence-corrected chi connectivity index (χ0v) is 9.27. The van der Waals surface area contributed by atoms with Crippen LogP contribution in [0.25, 0.3) is 0 Å². The van der Waals surface area contributed by atoms with Crippen LogP contribution in [-0.2, 0) is 0 Å². The van der Waals surface area contributed by atoms with Gasteiger partial charge in [-0.15, -0.1) is 0 Å². The first kappa shape index (κ1) is 10.0. The molecule has 0 amide bonds. The van der Waals surface area contributed by atoms with E-state index in [2.05, 4.69) is 41.2 Å². The molecule has 3 heteroatoms. The Morgan fingerprint density at radius 1 is 1.27 bits per heavy atom. The van der Waals surface area contributed by atoms with Gasteiger partial charge < -0.3 is 10.2 Å². The van der Waals surface area contributed by atoms with E-state index in [9.17, 15) is 0 Å². The van der Waals surface area contributed by atoms with Crippen molar-refractivity contribution in [3.05, 3.63) is 30.3 Å². The summed E-state index contributed by atoms with van der Waals surface area (Å²) in [7, 11) is 0. The van der Waals surface area contributed by atoms with Crippen molar-refractivity contribution in [3.63, 3.8) is 0 Å². The minimum Gasteiger partial charge on any atom is -0.338 e. The Morgan fingerprint density at radius 2 is 2.00 bits per heavy atom. The standard InChI is InChI=1S/C12H17N3/c1-10(2)15-9-8-13-12(15)14-11-6-4-3-5-7-11/h3-7,10H,8-9H2,1-2H3,(H,13,14). The summed E-state index contributed by atoms with van der Waals surface area (Å²) in [6.45, 7) is 6.29. The molecule has 1 aromatic rings. The van der Waals surface area contributed by atoms with E-state index in [0.717, 1.165) is 24.7 Å². The van der Waals surface area contributed by atoms with Crippen molar-refractivity contribution in [2.24, 2.45) is 4.99 Å². The van der Waals surface area contributed by atoms with Crippen molar-refractivity contribution in [1.82, 2.24) is 4.90 Å². The molecule has 0 atom stereocenters. The molecule has 1 heterocycles. The Morgan fingerprint density at radius 3 is 2.67 bits per heavy atom. The number of nitrogens with one attached hydrogen (secondary N) is 1. The molecule has 0 aromatic heterocycles. The SMILES string of the molecule is CC(C)N1CCN=C1Nc1ccccc1. The summed E-state index contributed by atoms with van der Waals surface area (Å²) in [6.07, 6.45) is 0. The number of benzene rings is 1. The number of hydrogen-bond donors (Lipinski definition) is 1. The van der Waals surface area contributed by atoms with Crippen molar-refractivity contribution >= 4 is 11.6 Å². The Kier molecular flexibility index (Phi) is 2.90. The first-order valence-electron chi connectivity index (χ1n) is 5.40. The highest BCUT2D eigenvalue weighted by Gasteiger charge is 2.19. The third-order valence-electron chi connectivity index (χ3n) is 2.53. The third-order valence-corrected chi connectivity index (χ3v) is 2.53. The highest BCUT2D eigenvalue weighted by atomic mass is 15.3. The second-order valence-electron chi connectivity index (χ2n) is 3.98. The molecule has 0 spiro atoms. The van der Waals surface area contributed by atoms with Gasteiger partial charge in [-0.05, 0) is 26.0 Å². The summed E-state index contributed by atoms with van der Waals surface area (Å²) >= 11 is 0. The van der Waals surface area contributed by atoms with E-state index in [1.807, 2.05) is 18.2 Å². The molecule has 1 N–H and O–H groups in total. The van der Waals surface area contributed by atoms with Gasteiger partial charge in [0.1, 0.15) is 0 Å². The highest BCUT2D eigenvalue weighted by molar-refractivity contribution is 5.94. The van der Waals surface area contributed by atoms with Crippen molar-refractivity contribution in [2.45, 2.75) is 19.9 Å². The topological polar surface area (TPSA) is 27.6 Å². The lowest BCUT2D eigenvalue weighted by Gasteiger charge is -2.25. The maximum absolute atomic E-state index is 4.47.